The fourth-order valence-corrected chi connectivity index (χ4v) is 9.30. The molecule has 0 aliphatic carbocycles. The number of ether oxygens (including phenoxy) is 2. The third kappa shape index (κ3) is 6.68. The zero-order valence-corrected chi connectivity index (χ0v) is 32.3. The van der Waals surface area contributed by atoms with E-state index in [9.17, 15) is 4.79 Å². The van der Waals surface area contributed by atoms with Crippen LogP contribution in [0.25, 0.3) is 32.8 Å². The van der Waals surface area contributed by atoms with Gasteiger partial charge in [-0.2, -0.15) is 10.2 Å². The van der Waals surface area contributed by atoms with Gasteiger partial charge < -0.3 is 14.0 Å². The van der Waals surface area contributed by atoms with Crippen molar-refractivity contribution in [1.82, 2.24) is 24.1 Å². The van der Waals surface area contributed by atoms with Crippen LogP contribution >= 0.6 is 23.5 Å². The minimum absolute atomic E-state index is 0.253. The number of nitrogens with zero attached hydrogens (tertiary/aromatic N) is 5. The molecule has 3 aromatic heterocycles. The number of thioether (sulfide) groups is 2. The molecule has 51 heavy (non-hydrogen) atoms. The quantitative estimate of drug-likeness (QED) is 0.168. The molecule has 1 aliphatic heterocycles. The molecule has 0 amide bonds. The van der Waals surface area contributed by atoms with Gasteiger partial charge in [-0.1, -0.05) is 43.7 Å². The first kappa shape index (κ1) is 35.3. The van der Waals surface area contributed by atoms with Gasteiger partial charge in [-0.3, -0.25) is 9.36 Å². The molecule has 6 aromatic rings. The second kappa shape index (κ2) is 14.8. The van der Waals surface area contributed by atoms with Gasteiger partial charge in [0.1, 0.15) is 11.4 Å². The second-order valence-electron chi connectivity index (χ2n) is 13.7. The van der Waals surface area contributed by atoms with E-state index in [2.05, 4.69) is 98.5 Å². The van der Waals surface area contributed by atoms with Gasteiger partial charge in [0, 0.05) is 75.0 Å². The first-order valence-electron chi connectivity index (χ1n) is 17.9. The number of carbonyl (C=O) groups excluding carboxylic acids is 1. The average Bonchev–Trinajstić information content (AvgIpc) is 3.76. The predicted octanol–water partition coefficient (Wildman–Crippen LogP) is 9.84. The Bertz CT molecular complexity index is 2250. The summed E-state index contributed by atoms with van der Waals surface area (Å²) in [6.07, 6.45) is 2.66. The number of aromatic nitrogens is 5. The van der Waals surface area contributed by atoms with Crippen LogP contribution in [0.4, 0.5) is 0 Å². The molecule has 0 fully saturated rings. The maximum Gasteiger partial charge on any atom is 0.354 e. The second-order valence-corrected chi connectivity index (χ2v) is 15.7. The van der Waals surface area contributed by atoms with Crippen LogP contribution < -0.4 is 4.74 Å². The number of rotatable bonds is 4. The third-order valence-electron chi connectivity index (χ3n) is 9.92. The van der Waals surface area contributed by atoms with Crippen LogP contribution in [0.15, 0.2) is 59.5 Å². The highest BCUT2D eigenvalue weighted by Crippen LogP contribution is 2.42. The Morgan fingerprint density at radius 2 is 1.84 bits per heavy atom. The van der Waals surface area contributed by atoms with Crippen molar-refractivity contribution < 1.29 is 14.3 Å². The monoisotopic (exact) mass is 721 g/mol. The Labute approximate surface area is 308 Å². The number of hydrogen-bond acceptors (Lipinski definition) is 7. The van der Waals surface area contributed by atoms with Crippen molar-refractivity contribution in [3.8, 4) is 16.9 Å². The summed E-state index contributed by atoms with van der Waals surface area (Å²) in [6, 6.07) is 19.8. The number of methoxy groups -OCH3 is 1. The number of hydrogen-bond donors (Lipinski definition) is 0. The van der Waals surface area contributed by atoms with Crippen LogP contribution in [0, 0.1) is 13.8 Å². The summed E-state index contributed by atoms with van der Waals surface area (Å²) in [5, 5.41) is 13.5. The standard InChI is InChI=1S/C41H47N5O3S2/c1-8-12-28-15-16-35-37-26(4)40(41(47)48-7)45(35)17-11-18-49-36-21-32(19-29-13-9-10-14-33(29)36)51-22-30-20-31(46(42-30)25(2)3)23-50-24-34-38(39(28)37)27(5)44(6)43-34/h9-10,13-16,19-21,25H,8,11-12,17-18,22-24H2,1-7H3. The molecule has 10 heteroatoms. The molecule has 7 rings (SSSR count). The highest BCUT2D eigenvalue weighted by atomic mass is 32.2. The molecule has 8 bridgehead atoms. The van der Waals surface area contributed by atoms with Gasteiger partial charge in [0.2, 0.25) is 0 Å². The molecule has 0 saturated heterocycles. The molecule has 0 radical (unpaired) electrons. The zero-order chi connectivity index (χ0) is 35.8. The topological polar surface area (TPSA) is 76.1 Å². The highest BCUT2D eigenvalue weighted by Gasteiger charge is 2.28. The summed E-state index contributed by atoms with van der Waals surface area (Å²) in [7, 11) is 3.50. The van der Waals surface area contributed by atoms with Crippen LogP contribution in [-0.4, -0.2) is 43.8 Å². The smallest absolute Gasteiger partial charge is 0.354 e. The van der Waals surface area contributed by atoms with Gasteiger partial charge in [0.05, 0.1) is 25.1 Å². The number of benzene rings is 3. The predicted molar refractivity (Wildman–Crippen MR) is 210 cm³/mol. The van der Waals surface area contributed by atoms with Crippen molar-refractivity contribution in [3.05, 3.63) is 94.2 Å². The summed E-state index contributed by atoms with van der Waals surface area (Å²) in [4.78, 5) is 14.7. The SMILES string of the molecule is CCCc1ccc2c3c(C)c(C(=O)OC)n2CCCOc2cc(cc4ccccc24)SCc2cc(n(C(C)C)n2)CSCc2nn(C)c(C)c2-c13. The van der Waals surface area contributed by atoms with Crippen molar-refractivity contribution in [2.75, 3.05) is 13.7 Å². The number of carbonyl (C=O) groups is 1. The van der Waals surface area contributed by atoms with Crippen molar-refractivity contribution in [2.45, 2.75) is 88.6 Å². The maximum absolute atomic E-state index is 13.5. The minimum atomic E-state index is -0.322. The molecule has 0 saturated carbocycles. The van der Waals surface area contributed by atoms with Crippen molar-refractivity contribution in [1.29, 1.82) is 0 Å². The average molecular weight is 722 g/mol. The first-order valence-corrected chi connectivity index (χ1v) is 20.0. The summed E-state index contributed by atoms with van der Waals surface area (Å²) < 4.78 is 18.3. The largest absolute Gasteiger partial charge is 0.493 e. The zero-order valence-electron chi connectivity index (χ0n) is 30.7. The Morgan fingerprint density at radius 3 is 2.63 bits per heavy atom. The molecule has 8 nitrogen and oxygen atoms in total. The minimum Gasteiger partial charge on any atom is -0.493 e. The number of esters is 1. The van der Waals surface area contributed by atoms with Gasteiger partial charge in [-0.05, 0) is 86.9 Å². The van der Waals surface area contributed by atoms with E-state index in [1.54, 1.807) is 11.8 Å². The van der Waals surface area contributed by atoms with Gasteiger partial charge >= 0.3 is 5.97 Å². The summed E-state index contributed by atoms with van der Waals surface area (Å²) in [5.74, 6) is 2.91. The molecule has 3 aromatic carbocycles. The van der Waals surface area contributed by atoms with Crippen LogP contribution in [0.5, 0.6) is 5.75 Å². The van der Waals surface area contributed by atoms with Crippen LogP contribution in [-0.2, 0) is 42.0 Å². The van der Waals surface area contributed by atoms with E-state index < -0.39 is 0 Å². The molecule has 266 valence electrons. The van der Waals surface area contributed by atoms with Gasteiger partial charge in [-0.25, -0.2) is 4.79 Å². The lowest BCUT2D eigenvalue weighted by molar-refractivity contribution is 0.0587. The van der Waals surface area contributed by atoms with Crippen LogP contribution in [0.3, 0.4) is 0 Å². The van der Waals surface area contributed by atoms with Crippen LogP contribution in [0.2, 0.25) is 0 Å². The van der Waals surface area contributed by atoms with E-state index in [4.69, 9.17) is 19.7 Å². The van der Waals surface area contributed by atoms with E-state index >= 15 is 0 Å². The maximum atomic E-state index is 13.5. The molecular weight excluding hydrogens is 675 g/mol. The lowest BCUT2D eigenvalue weighted by Gasteiger charge is -2.15. The van der Waals surface area contributed by atoms with Crippen molar-refractivity contribution in [3.63, 3.8) is 0 Å². The van der Waals surface area contributed by atoms with E-state index in [0.29, 0.717) is 25.3 Å². The van der Waals surface area contributed by atoms with Gasteiger partial charge in [0.25, 0.3) is 0 Å². The number of aryl methyl sites for hydroxylation is 4. The first-order chi connectivity index (χ1) is 24.7. The lowest BCUT2D eigenvalue weighted by atomic mass is 9.90. The van der Waals surface area contributed by atoms with E-state index in [-0.39, 0.29) is 12.0 Å². The third-order valence-corrected chi connectivity index (χ3v) is 11.9. The number of fused-ring (bicyclic) bond motifs is 8. The molecule has 1 aliphatic rings. The molecule has 0 N–H and O–H groups in total. The van der Waals surface area contributed by atoms with Crippen LogP contribution in [0.1, 0.15) is 84.0 Å². The fraction of sp³-hybridized carbons (Fsp3) is 0.390. The Kier molecular flexibility index (Phi) is 10.3. The highest BCUT2D eigenvalue weighted by molar-refractivity contribution is 7.98. The fourth-order valence-electron chi connectivity index (χ4n) is 7.52. The molecule has 4 heterocycles. The summed E-state index contributed by atoms with van der Waals surface area (Å²) in [5.41, 5.74) is 10.7. The van der Waals surface area contributed by atoms with Gasteiger partial charge in [-0.15, -0.1) is 23.5 Å². The Balaban J connectivity index is 1.40. The lowest BCUT2D eigenvalue weighted by Crippen LogP contribution is -2.13. The Morgan fingerprint density at radius 1 is 1.02 bits per heavy atom. The van der Waals surface area contributed by atoms with Gasteiger partial charge in [0.15, 0.2) is 0 Å². The van der Waals surface area contributed by atoms with Crippen molar-refractivity contribution >= 4 is 51.2 Å². The van der Waals surface area contributed by atoms with E-state index in [0.717, 1.165) is 85.1 Å². The van der Waals surface area contributed by atoms with Crippen molar-refractivity contribution in [2.24, 2.45) is 7.05 Å². The summed E-state index contributed by atoms with van der Waals surface area (Å²) in [6.45, 7) is 12.0. The van der Waals surface area contributed by atoms with E-state index in [1.807, 2.05) is 23.5 Å². The molecule has 0 atom stereocenters. The molecular formula is C41H47N5O3S2. The molecule has 0 unspecified atom stereocenters. The normalized spacial score (nSPS) is 14.1. The van der Waals surface area contributed by atoms with E-state index in [1.165, 1.54) is 29.5 Å². The summed E-state index contributed by atoms with van der Waals surface area (Å²) >= 11 is 3.67. The Hall–Kier alpha value is -4.15. The molecule has 0 spiro atoms.